The Morgan fingerprint density at radius 2 is 1.71 bits per heavy atom. The number of aryl methyl sites for hydroxylation is 2. The van der Waals surface area contributed by atoms with Crippen LogP contribution in [0.4, 0.5) is 0 Å². The fourth-order valence-electron chi connectivity index (χ4n) is 1.79. The minimum atomic E-state index is 0.730. The molecule has 0 atom stereocenters. The van der Waals surface area contributed by atoms with E-state index in [4.69, 9.17) is 4.74 Å². The highest BCUT2D eigenvalue weighted by molar-refractivity contribution is 5.36. The van der Waals surface area contributed by atoms with Gasteiger partial charge in [-0.3, -0.25) is 0 Å². The SMILES string of the molecule is Cc1ccc(C)c(OCCc2ccccc2)c1. The zero-order valence-corrected chi connectivity index (χ0v) is 10.4. The molecule has 2 aromatic rings. The van der Waals surface area contributed by atoms with E-state index in [1.54, 1.807) is 0 Å². The largest absolute Gasteiger partial charge is 0.493 e. The molecule has 2 aromatic carbocycles. The van der Waals surface area contributed by atoms with Crippen LogP contribution >= 0.6 is 0 Å². The topological polar surface area (TPSA) is 9.23 Å². The Bertz CT molecular complexity index is 474. The minimum Gasteiger partial charge on any atom is -0.493 e. The maximum atomic E-state index is 5.82. The van der Waals surface area contributed by atoms with Crippen molar-refractivity contribution in [1.82, 2.24) is 0 Å². The summed E-state index contributed by atoms with van der Waals surface area (Å²) >= 11 is 0. The van der Waals surface area contributed by atoms with Crippen LogP contribution in [0.3, 0.4) is 0 Å². The van der Waals surface area contributed by atoms with Gasteiger partial charge in [0.2, 0.25) is 0 Å². The first-order chi connectivity index (χ1) is 8.25. The zero-order chi connectivity index (χ0) is 12.1. The smallest absolute Gasteiger partial charge is 0.122 e. The number of hydrogen-bond acceptors (Lipinski definition) is 1. The van der Waals surface area contributed by atoms with Gasteiger partial charge in [-0.2, -0.15) is 0 Å². The molecule has 0 aliphatic heterocycles. The molecule has 88 valence electrons. The van der Waals surface area contributed by atoms with Crippen molar-refractivity contribution in [3.8, 4) is 5.75 Å². The molecular weight excluding hydrogens is 208 g/mol. The van der Waals surface area contributed by atoms with E-state index in [-0.39, 0.29) is 0 Å². The van der Waals surface area contributed by atoms with Gasteiger partial charge in [0, 0.05) is 6.42 Å². The molecule has 0 radical (unpaired) electrons. The van der Waals surface area contributed by atoms with Gasteiger partial charge < -0.3 is 4.74 Å². The summed E-state index contributed by atoms with van der Waals surface area (Å²) in [4.78, 5) is 0. The van der Waals surface area contributed by atoms with Gasteiger partial charge in [-0.15, -0.1) is 0 Å². The van der Waals surface area contributed by atoms with E-state index < -0.39 is 0 Å². The van der Waals surface area contributed by atoms with Gasteiger partial charge in [-0.25, -0.2) is 0 Å². The minimum absolute atomic E-state index is 0.730. The van der Waals surface area contributed by atoms with Crippen LogP contribution in [-0.4, -0.2) is 6.61 Å². The normalized spacial score (nSPS) is 10.2. The van der Waals surface area contributed by atoms with Crippen molar-refractivity contribution < 1.29 is 4.74 Å². The Labute approximate surface area is 103 Å². The van der Waals surface area contributed by atoms with Gasteiger partial charge in [0.05, 0.1) is 6.61 Å². The van der Waals surface area contributed by atoms with Crippen molar-refractivity contribution in [3.63, 3.8) is 0 Å². The van der Waals surface area contributed by atoms with Crippen LogP contribution in [0.15, 0.2) is 48.5 Å². The molecule has 1 heteroatoms. The van der Waals surface area contributed by atoms with Gasteiger partial charge in [0.15, 0.2) is 0 Å². The Balaban J connectivity index is 1.92. The van der Waals surface area contributed by atoms with Gasteiger partial charge >= 0.3 is 0 Å². The van der Waals surface area contributed by atoms with Gasteiger partial charge in [0.25, 0.3) is 0 Å². The lowest BCUT2D eigenvalue weighted by molar-refractivity contribution is 0.319. The maximum Gasteiger partial charge on any atom is 0.122 e. The number of hydrogen-bond donors (Lipinski definition) is 0. The second-order valence-corrected chi connectivity index (χ2v) is 4.35. The van der Waals surface area contributed by atoms with Crippen molar-refractivity contribution in [2.24, 2.45) is 0 Å². The Hall–Kier alpha value is -1.76. The van der Waals surface area contributed by atoms with Gasteiger partial charge in [0.1, 0.15) is 5.75 Å². The zero-order valence-electron chi connectivity index (χ0n) is 10.4. The van der Waals surface area contributed by atoms with Crippen LogP contribution in [0.1, 0.15) is 16.7 Å². The molecule has 0 fully saturated rings. The van der Waals surface area contributed by atoms with Crippen LogP contribution in [0.5, 0.6) is 5.75 Å². The third kappa shape index (κ3) is 3.35. The first-order valence-electron chi connectivity index (χ1n) is 6.00. The molecule has 0 unspecified atom stereocenters. The summed E-state index contributed by atoms with van der Waals surface area (Å²) in [5, 5.41) is 0. The van der Waals surface area contributed by atoms with Gasteiger partial charge in [-0.05, 0) is 36.6 Å². The van der Waals surface area contributed by atoms with E-state index >= 15 is 0 Å². The maximum absolute atomic E-state index is 5.82. The molecule has 1 nitrogen and oxygen atoms in total. The molecular formula is C16H18O. The molecule has 2 rings (SSSR count). The summed E-state index contributed by atoms with van der Waals surface area (Å²) in [6.45, 7) is 4.90. The molecule has 0 N–H and O–H groups in total. The quantitative estimate of drug-likeness (QED) is 0.767. The van der Waals surface area contributed by atoms with E-state index in [0.29, 0.717) is 0 Å². The lowest BCUT2D eigenvalue weighted by Gasteiger charge is -2.09. The highest BCUT2D eigenvalue weighted by Gasteiger charge is 1.99. The molecule has 0 saturated heterocycles. The van der Waals surface area contributed by atoms with Crippen molar-refractivity contribution in [3.05, 3.63) is 65.2 Å². The van der Waals surface area contributed by atoms with Crippen molar-refractivity contribution in [2.45, 2.75) is 20.3 Å². The van der Waals surface area contributed by atoms with E-state index in [2.05, 4.69) is 56.3 Å². The van der Waals surface area contributed by atoms with Crippen LogP contribution in [0.2, 0.25) is 0 Å². The van der Waals surface area contributed by atoms with Crippen LogP contribution in [0, 0.1) is 13.8 Å². The Morgan fingerprint density at radius 1 is 0.941 bits per heavy atom. The lowest BCUT2D eigenvalue weighted by Crippen LogP contribution is -2.02. The summed E-state index contributed by atoms with van der Waals surface area (Å²) in [6.07, 6.45) is 0.953. The molecule has 0 amide bonds. The fourth-order valence-corrected chi connectivity index (χ4v) is 1.79. The molecule has 0 saturated carbocycles. The molecule has 0 heterocycles. The van der Waals surface area contributed by atoms with Crippen LogP contribution in [0.25, 0.3) is 0 Å². The van der Waals surface area contributed by atoms with Crippen molar-refractivity contribution in [2.75, 3.05) is 6.61 Å². The Kier molecular flexibility index (Phi) is 3.81. The van der Waals surface area contributed by atoms with E-state index in [0.717, 1.165) is 18.8 Å². The highest BCUT2D eigenvalue weighted by Crippen LogP contribution is 2.19. The summed E-state index contributed by atoms with van der Waals surface area (Å²) in [5.41, 5.74) is 3.76. The van der Waals surface area contributed by atoms with E-state index in [1.165, 1.54) is 16.7 Å². The summed E-state index contributed by atoms with van der Waals surface area (Å²) < 4.78 is 5.82. The molecule has 0 aliphatic carbocycles. The highest BCUT2D eigenvalue weighted by atomic mass is 16.5. The summed E-state index contributed by atoms with van der Waals surface area (Å²) in [5.74, 6) is 1.00. The summed E-state index contributed by atoms with van der Waals surface area (Å²) in [7, 11) is 0. The predicted octanol–water partition coefficient (Wildman–Crippen LogP) is 3.92. The third-order valence-electron chi connectivity index (χ3n) is 2.83. The average molecular weight is 226 g/mol. The van der Waals surface area contributed by atoms with E-state index in [1.807, 2.05) is 6.07 Å². The standard InChI is InChI=1S/C16H18O/c1-13-8-9-14(2)16(12-13)17-11-10-15-6-4-3-5-7-15/h3-9,12H,10-11H2,1-2H3. The molecule has 0 spiro atoms. The van der Waals surface area contributed by atoms with Crippen molar-refractivity contribution >= 4 is 0 Å². The number of benzene rings is 2. The first kappa shape index (κ1) is 11.7. The number of rotatable bonds is 4. The second kappa shape index (κ2) is 5.53. The van der Waals surface area contributed by atoms with Crippen LogP contribution < -0.4 is 4.74 Å². The molecule has 17 heavy (non-hydrogen) atoms. The monoisotopic (exact) mass is 226 g/mol. The predicted molar refractivity (Wildman–Crippen MR) is 71.6 cm³/mol. The van der Waals surface area contributed by atoms with Gasteiger partial charge in [-0.1, -0.05) is 42.5 Å². The Morgan fingerprint density at radius 3 is 2.47 bits per heavy atom. The molecule has 0 aliphatic rings. The lowest BCUT2D eigenvalue weighted by atomic mass is 10.1. The van der Waals surface area contributed by atoms with Crippen LogP contribution in [-0.2, 0) is 6.42 Å². The fraction of sp³-hybridized carbons (Fsp3) is 0.250. The average Bonchev–Trinajstić information content (AvgIpc) is 2.35. The molecule has 0 bridgehead atoms. The van der Waals surface area contributed by atoms with E-state index in [9.17, 15) is 0 Å². The summed E-state index contributed by atoms with van der Waals surface area (Å²) in [6, 6.07) is 16.7. The first-order valence-corrected chi connectivity index (χ1v) is 6.00. The van der Waals surface area contributed by atoms with Crippen molar-refractivity contribution in [1.29, 1.82) is 0 Å². The number of ether oxygens (including phenoxy) is 1. The second-order valence-electron chi connectivity index (χ2n) is 4.35. The molecule has 0 aromatic heterocycles. The third-order valence-corrected chi connectivity index (χ3v) is 2.83.